The van der Waals surface area contributed by atoms with Gasteiger partial charge in [0, 0.05) is 6.54 Å². The molecule has 0 heterocycles. The Labute approximate surface area is 56.3 Å². The van der Waals surface area contributed by atoms with Crippen molar-refractivity contribution < 1.29 is 0 Å². The lowest BCUT2D eigenvalue weighted by atomic mass is 10.3. The molecule has 0 aliphatic rings. The van der Waals surface area contributed by atoms with Crippen molar-refractivity contribution in [3.63, 3.8) is 0 Å². The molecule has 4 heteroatoms. The van der Waals surface area contributed by atoms with Gasteiger partial charge in [-0.2, -0.15) is 11.1 Å². The van der Waals surface area contributed by atoms with Crippen LogP contribution in [0.4, 0.5) is 0 Å². The maximum Gasteiger partial charge on any atom is 0.0113 e. The van der Waals surface area contributed by atoms with Crippen molar-refractivity contribution >= 4 is 0 Å². The Morgan fingerprint density at radius 2 is 2.00 bits per heavy atom. The first kappa shape index (κ1) is 8.84. The van der Waals surface area contributed by atoms with E-state index in [-0.39, 0.29) is 0 Å². The molecule has 9 heavy (non-hydrogen) atoms. The number of hydrazine groups is 3. The summed E-state index contributed by atoms with van der Waals surface area (Å²) in [6.45, 7) is 3.15. The second-order valence-electron chi connectivity index (χ2n) is 1.78. The average Bonchev–Trinajstić information content (AvgIpc) is 1.89. The lowest BCUT2D eigenvalue weighted by Crippen LogP contribution is -2.49. The summed E-state index contributed by atoms with van der Waals surface area (Å²) in [5.41, 5.74) is 11.1. The summed E-state index contributed by atoms with van der Waals surface area (Å²) in [4.78, 5) is 0. The fourth-order valence-corrected chi connectivity index (χ4v) is 0.434. The molecular formula is C5H16N4. The lowest BCUT2D eigenvalue weighted by molar-refractivity contribution is 0.388. The van der Waals surface area contributed by atoms with Crippen molar-refractivity contribution in [1.29, 1.82) is 0 Å². The van der Waals surface area contributed by atoms with E-state index in [0.717, 1.165) is 6.54 Å². The van der Waals surface area contributed by atoms with Gasteiger partial charge in [-0.05, 0) is 13.5 Å². The predicted molar refractivity (Wildman–Crippen MR) is 38.2 cm³/mol. The van der Waals surface area contributed by atoms with Gasteiger partial charge in [-0.15, -0.1) is 0 Å². The first-order valence-electron chi connectivity index (χ1n) is 3.31. The van der Waals surface area contributed by atoms with Crippen molar-refractivity contribution in [2.24, 2.45) is 0 Å². The third-order valence-electron chi connectivity index (χ3n) is 0.931. The molecule has 0 aliphatic heterocycles. The van der Waals surface area contributed by atoms with E-state index in [1.54, 1.807) is 7.05 Å². The molecule has 0 unspecified atom stereocenters. The van der Waals surface area contributed by atoms with Crippen LogP contribution in [-0.4, -0.2) is 13.6 Å². The van der Waals surface area contributed by atoms with Crippen molar-refractivity contribution in [3.8, 4) is 0 Å². The smallest absolute Gasteiger partial charge is 0.0113 e. The number of hydrogen-bond donors (Lipinski definition) is 4. The summed E-state index contributed by atoms with van der Waals surface area (Å²) in [7, 11) is 1.80. The summed E-state index contributed by atoms with van der Waals surface area (Å²) in [6, 6.07) is 0. The Balaban J connectivity index is 2.60. The monoisotopic (exact) mass is 132 g/mol. The second kappa shape index (κ2) is 7.84. The SMILES string of the molecule is CCCCNNNNC. The molecule has 0 aromatic heterocycles. The zero-order valence-electron chi connectivity index (χ0n) is 6.12. The van der Waals surface area contributed by atoms with Gasteiger partial charge in [-0.1, -0.05) is 13.3 Å². The van der Waals surface area contributed by atoms with Crippen LogP contribution in [0.1, 0.15) is 19.8 Å². The predicted octanol–water partition coefficient (Wildman–Crippen LogP) is -0.480. The topological polar surface area (TPSA) is 48.1 Å². The normalized spacial score (nSPS) is 10.0. The van der Waals surface area contributed by atoms with Gasteiger partial charge in [-0.3, -0.25) is 0 Å². The first-order valence-corrected chi connectivity index (χ1v) is 3.31. The Morgan fingerprint density at radius 1 is 1.22 bits per heavy atom. The van der Waals surface area contributed by atoms with Crippen molar-refractivity contribution in [2.45, 2.75) is 19.8 Å². The first-order chi connectivity index (χ1) is 4.41. The maximum absolute atomic E-state index is 2.96. The van der Waals surface area contributed by atoms with Gasteiger partial charge in [0.25, 0.3) is 0 Å². The van der Waals surface area contributed by atoms with Crippen molar-refractivity contribution in [2.75, 3.05) is 13.6 Å². The number of unbranched alkanes of at least 4 members (excludes halogenated alkanes) is 1. The highest BCUT2D eigenvalue weighted by Gasteiger charge is 1.79. The zero-order chi connectivity index (χ0) is 6.95. The molecule has 0 saturated carbocycles. The van der Waals surface area contributed by atoms with E-state index in [4.69, 9.17) is 0 Å². The highest BCUT2D eigenvalue weighted by Crippen LogP contribution is 1.79. The van der Waals surface area contributed by atoms with Gasteiger partial charge < -0.3 is 0 Å². The Bertz CT molecular complexity index is 42.2. The molecule has 0 fully saturated rings. The minimum Gasteiger partial charge on any atom is -0.246 e. The van der Waals surface area contributed by atoms with Crippen LogP contribution >= 0.6 is 0 Å². The number of nitrogens with one attached hydrogen (secondary N) is 4. The average molecular weight is 132 g/mol. The van der Waals surface area contributed by atoms with Crippen molar-refractivity contribution in [3.05, 3.63) is 0 Å². The van der Waals surface area contributed by atoms with E-state index in [0.29, 0.717) is 0 Å². The zero-order valence-corrected chi connectivity index (χ0v) is 6.12. The molecule has 0 spiro atoms. The molecule has 0 aliphatic carbocycles. The second-order valence-corrected chi connectivity index (χ2v) is 1.78. The minimum absolute atomic E-state index is 0.991. The number of rotatable bonds is 6. The van der Waals surface area contributed by atoms with Gasteiger partial charge >= 0.3 is 0 Å². The molecule has 0 aromatic rings. The molecule has 0 radical (unpaired) electrons. The third kappa shape index (κ3) is 7.84. The van der Waals surface area contributed by atoms with E-state index < -0.39 is 0 Å². The summed E-state index contributed by atoms with van der Waals surface area (Å²) >= 11 is 0. The molecular weight excluding hydrogens is 116 g/mol. The molecule has 0 bridgehead atoms. The van der Waals surface area contributed by atoms with Crippen LogP contribution in [0.5, 0.6) is 0 Å². The van der Waals surface area contributed by atoms with E-state index >= 15 is 0 Å². The fourth-order valence-electron chi connectivity index (χ4n) is 0.434. The highest BCUT2D eigenvalue weighted by molar-refractivity contribution is 4.35. The highest BCUT2D eigenvalue weighted by atomic mass is 15.7. The summed E-state index contributed by atoms with van der Waals surface area (Å²) < 4.78 is 0. The van der Waals surface area contributed by atoms with E-state index in [2.05, 4.69) is 28.8 Å². The Kier molecular flexibility index (Phi) is 7.70. The van der Waals surface area contributed by atoms with Crippen LogP contribution in [0.3, 0.4) is 0 Å². The van der Waals surface area contributed by atoms with E-state index in [9.17, 15) is 0 Å². The standard InChI is InChI=1S/C5H16N4/c1-3-4-5-7-9-8-6-2/h6-9H,3-5H2,1-2H3. The quantitative estimate of drug-likeness (QED) is 0.291. The maximum atomic E-state index is 2.96. The molecule has 0 saturated heterocycles. The lowest BCUT2D eigenvalue weighted by Gasteiger charge is -2.05. The molecule has 0 amide bonds. The Hall–Kier alpha value is -0.160. The van der Waals surface area contributed by atoms with Gasteiger partial charge in [0.15, 0.2) is 0 Å². The molecule has 4 nitrogen and oxygen atoms in total. The fraction of sp³-hybridized carbons (Fsp3) is 1.00. The largest absolute Gasteiger partial charge is 0.246 e. The van der Waals surface area contributed by atoms with Gasteiger partial charge in [-0.25, -0.2) is 10.9 Å². The van der Waals surface area contributed by atoms with Crippen LogP contribution in [0.15, 0.2) is 0 Å². The van der Waals surface area contributed by atoms with Crippen LogP contribution in [0, 0.1) is 0 Å². The van der Waals surface area contributed by atoms with Gasteiger partial charge in [0.2, 0.25) is 0 Å². The molecule has 0 aromatic carbocycles. The van der Waals surface area contributed by atoms with Crippen LogP contribution < -0.4 is 21.9 Å². The minimum atomic E-state index is 0.991. The third-order valence-corrected chi connectivity index (χ3v) is 0.931. The van der Waals surface area contributed by atoms with Gasteiger partial charge in [0.05, 0.1) is 0 Å². The Morgan fingerprint density at radius 3 is 2.56 bits per heavy atom. The van der Waals surface area contributed by atoms with Crippen LogP contribution in [0.25, 0.3) is 0 Å². The molecule has 0 rings (SSSR count). The van der Waals surface area contributed by atoms with Gasteiger partial charge in [0.1, 0.15) is 0 Å². The van der Waals surface area contributed by atoms with E-state index in [1.807, 2.05) is 0 Å². The molecule has 4 N–H and O–H groups in total. The summed E-state index contributed by atoms with van der Waals surface area (Å²) in [6.07, 6.45) is 2.41. The number of hydrogen-bond acceptors (Lipinski definition) is 4. The molecule has 56 valence electrons. The summed E-state index contributed by atoms with van der Waals surface area (Å²) in [5, 5.41) is 0. The van der Waals surface area contributed by atoms with Crippen LogP contribution in [-0.2, 0) is 0 Å². The van der Waals surface area contributed by atoms with Crippen LogP contribution in [0.2, 0.25) is 0 Å². The van der Waals surface area contributed by atoms with Crippen molar-refractivity contribution in [1.82, 2.24) is 21.9 Å². The van der Waals surface area contributed by atoms with E-state index in [1.165, 1.54) is 12.8 Å². The molecule has 0 atom stereocenters. The summed E-state index contributed by atoms with van der Waals surface area (Å²) in [5.74, 6) is 0.